The fourth-order valence-electron chi connectivity index (χ4n) is 9.50. The van der Waals surface area contributed by atoms with E-state index in [1.165, 1.54) is 173 Å². The molecule has 0 aliphatic carbocycles. The van der Waals surface area contributed by atoms with Crippen LogP contribution in [-0.4, -0.2) is 74.9 Å². The highest BCUT2D eigenvalue weighted by molar-refractivity contribution is 7.47. The maximum atomic E-state index is 12.9. The number of rotatable bonds is 63. The van der Waals surface area contributed by atoms with Gasteiger partial charge in [0.2, 0.25) is 0 Å². The molecule has 2 atom stereocenters. The standard InChI is InChI=1S/C74H130NO8P/c1-6-8-10-12-14-16-18-20-22-24-26-28-30-32-33-34-35-36-37-38-39-40-41-43-45-47-49-51-53-55-57-59-61-63-65-67-74(77)83-72(71-82-84(78,79)81-69-68-75(3,4)5)70-80-73(76)66-64-62-60-58-56-54-52-50-48-46-44-42-31-29-27-25-23-21-19-17-15-13-11-9-7-2/h8,10,14,16,19-22,25-28,31-33,35-36,42,72H,6-7,9,11-13,15,17-18,23-24,29-30,34,37-41,43-71H2,1-5H3/p+1/b10-8-,16-14-,21-19-,22-20-,27-25-,28-26-,33-32-,36-35-,42-31-. The summed E-state index contributed by atoms with van der Waals surface area (Å²) in [5, 5.41) is 0. The molecule has 0 heterocycles. The SMILES string of the molecule is CC/C=C\C/C=C\C/C=C\C/C=C\C/C=C\C/C=C\CCCCCCCCCCCCCCCCCCC(=O)OC(COC(=O)CCCCCCCCCCCC/C=C\C/C=C\C/C=C\CCCCCCC)COP(=O)(O)OCC[N+](C)(C)C. The maximum Gasteiger partial charge on any atom is 0.472 e. The van der Waals surface area contributed by atoms with Crippen LogP contribution in [0.4, 0.5) is 0 Å². The van der Waals surface area contributed by atoms with Crippen molar-refractivity contribution in [2.75, 3.05) is 47.5 Å². The minimum absolute atomic E-state index is 0.0278. The van der Waals surface area contributed by atoms with Gasteiger partial charge in [-0.2, -0.15) is 0 Å². The highest BCUT2D eigenvalue weighted by Gasteiger charge is 2.27. The Morgan fingerprint density at radius 2 is 0.679 bits per heavy atom. The van der Waals surface area contributed by atoms with Crippen molar-refractivity contribution in [3.8, 4) is 0 Å². The molecule has 0 aromatic rings. The summed E-state index contributed by atoms with van der Waals surface area (Å²) in [5.41, 5.74) is 0. The minimum Gasteiger partial charge on any atom is -0.462 e. The average Bonchev–Trinajstić information content (AvgIpc) is 3.61. The van der Waals surface area contributed by atoms with E-state index in [4.69, 9.17) is 18.5 Å². The summed E-state index contributed by atoms with van der Waals surface area (Å²) in [6.45, 7) is 4.33. The van der Waals surface area contributed by atoms with E-state index in [2.05, 4.69) is 123 Å². The Bertz CT molecular complexity index is 1790. The Balaban J connectivity index is 4.06. The topological polar surface area (TPSA) is 108 Å². The van der Waals surface area contributed by atoms with Crippen molar-refractivity contribution in [1.82, 2.24) is 0 Å². The van der Waals surface area contributed by atoms with Crippen molar-refractivity contribution in [3.05, 3.63) is 109 Å². The molecule has 0 aliphatic heterocycles. The van der Waals surface area contributed by atoms with Gasteiger partial charge in [-0.3, -0.25) is 18.6 Å². The molecule has 0 aromatic carbocycles. The molecule has 0 fully saturated rings. The molecule has 0 spiro atoms. The van der Waals surface area contributed by atoms with Crippen LogP contribution in [0.15, 0.2) is 109 Å². The zero-order valence-corrected chi connectivity index (χ0v) is 56.0. The van der Waals surface area contributed by atoms with Crippen molar-refractivity contribution in [1.29, 1.82) is 0 Å². The monoisotopic (exact) mass is 1190 g/mol. The van der Waals surface area contributed by atoms with Gasteiger partial charge in [0.25, 0.3) is 0 Å². The molecule has 0 bridgehead atoms. The van der Waals surface area contributed by atoms with Gasteiger partial charge in [0.05, 0.1) is 27.7 Å². The number of hydrogen-bond donors (Lipinski definition) is 1. The molecule has 2 unspecified atom stereocenters. The largest absolute Gasteiger partial charge is 0.472 e. The first-order chi connectivity index (χ1) is 41.0. The van der Waals surface area contributed by atoms with Crippen LogP contribution in [0.25, 0.3) is 0 Å². The number of carbonyl (C=O) groups is 2. The van der Waals surface area contributed by atoms with Crippen molar-refractivity contribution >= 4 is 19.8 Å². The Hall–Kier alpha value is -3.33. The predicted molar refractivity (Wildman–Crippen MR) is 362 cm³/mol. The number of likely N-dealkylation sites (N-methyl/N-ethyl adjacent to an activating group) is 1. The molecular formula is C74H131NO8P+. The first-order valence-electron chi connectivity index (χ1n) is 34.6. The summed E-state index contributed by atoms with van der Waals surface area (Å²) < 4.78 is 34.7. The van der Waals surface area contributed by atoms with E-state index in [1.807, 2.05) is 21.1 Å². The lowest BCUT2D eigenvalue weighted by Crippen LogP contribution is -2.37. The number of phosphoric ester groups is 1. The summed E-state index contributed by atoms with van der Waals surface area (Å²) in [4.78, 5) is 35.9. The van der Waals surface area contributed by atoms with Crippen LogP contribution in [0.2, 0.25) is 0 Å². The lowest BCUT2D eigenvalue weighted by Gasteiger charge is -2.24. The van der Waals surface area contributed by atoms with Gasteiger partial charge in [-0.25, -0.2) is 4.57 Å². The first kappa shape index (κ1) is 80.7. The Kier molecular flexibility index (Phi) is 61.6. The van der Waals surface area contributed by atoms with Crippen LogP contribution in [0, 0.1) is 0 Å². The van der Waals surface area contributed by atoms with Gasteiger partial charge in [-0.15, -0.1) is 0 Å². The Morgan fingerprint density at radius 3 is 1.01 bits per heavy atom. The van der Waals surface area contributed by atoms with E-state index < -0.39 is 26.5 Å². The normalized spacial score (nSPS) is 13.8. The van der Waals surface area contributed by atoms with Gasteiger partial charge in [-0.1, -0.05) is 290 Å². The molecule has 0 saturated heterocycles. The summed E-state index contributed by atoms with van der Waals surface area (Å²) in [6, 6.07) is 0. The van der Waals surface area contributed by atoms with Gasteiger partial charge >= 0.3 is 19.8 Å². The van der Waals surface area contributed by atoms with Crippen molar-refractivity contribution in [2.24, 2.45) is 0 Å². The second kappa shape index (κ2) is 64.2. The van der Waals surface area contributed by atoms with Crippen LogP contribution in [0.1, 0.15) is 296 Å². The van der Waals surface area contributed by atoms with E-state index in [-0.39, 0.29) is 32.0 Å². The summed E-state index contributed by atoms with van der Waals surface area (Å²) in [7, 11) is 1.47. The Labute approximate surface area is 518 Å². The zero-order chi connectivity index (χ0) is 61.2. The molecule has 0 aliphatic rings. The van der Waals surface area contributed by atoms with Crippen molar-refractivity contribution in [3.63, 3.8) is 0 Å². The number of quaternary nitrogens is 1. The van der Waals surface area contributed by atoms with E-state index in [1.54, 1.807) is 0 Å². The average molecular weight is 1190 g/mol. The van der Waals surface area contributed by atoms with Crippen molar-refractivity contribution < 1.29 is 42.1 Å². The number of unbranched alkanes of at least 4 members (excludes halogenated alkanes) is 31. The number of nitrogens with zero attached hydrogens (tertiary/aromatic N) is 1. The summed E-state index contributed by atoms with van der Waals surface area (Å²) in [5.74, 6) is -0.797. The van der Waals surface area contributed by atoms with Crippen molar-refractivity contribution in [2.45, 2.75) is 302 Å². The lowest BCUT2D eigenvalue weighted by atomic mass is 10.0. The first-order valence-corrected chi connectivity index (χ1v) is 36.1. The Morgan fingerprint density at radius 1 is 0.381 bits per heavy atom. The highest BCUT2D eigenvalue weighted by Crippen LogP contribution is 2.43. The fraction of sp³-hybridized carbons (Fsp3) is 0.730. The number of allylic oxidation sites excluding steroid dienone is 18. The predicted octanol–water partition coefficient (Wildman–Crippen LogP) is 22.5. The smallest absolute Gasteiger partial charge is 0.462 e. The molecule has 0 amide bonds. The van der Waals surface area contributed by atoms with E-state index in [0.29, 0.717) is 17.4 Å². The number of hydrogen-bond acceptors (Lipinski definition) is 7. The third kappa shape index (κ3) is 67.8. The number of phosphoric acid groups is 1. The summed E-state index contributed by atoms with van der Waals surface area (Å²) in [6.07, 6.45) is 90.4. The molecule has 0 saturated carbocycles. The number of carbonyl (C=O) groups excluding carboxylic acids is 2. The van der Waals surface area contributed by atoms with Gasteiger partial charge in [-0.05, 0) is 103 Å². The summed E-state index contributed by atoms with van der Waals surface area (Å²) >= 11 is 0. The van der Waals surface area contributed by atoms with Gasteiger partial charge in [0.1, 0.15) is 19.8 Å². The third-order valence-electron chi connectivity index (χ3n) is 14.8. The molecule has 9 nitrogen and oxygen atoms in total. The van der Waals surface area contributed by atoms with Crippen LogP contribution >= 0.6 is 7.82 Å². The fourth-order valence-corrected chi connectivity index (χ4v) is 10.2. The van der Waals surface area contributed by atoms with Gasteiger partial charge in [0, 0.05) is 12.8 Å². The third-order valence-corrected chi connectivity index (χ3v) is 15.8. The second-order valence-corrected chi connectivity index (χ2v) is 25.6. The molecule has 484 valence electrons. The van der Waals surface area contributed by atoms with E-state index in [9.17, 15) is 19.0 Å². The highest BCUT2D eigenvalue weighted by atomic mass is 31.2. The molecular weight excluding hydrogens is 1060 g/mol. The molecule has 0 rings (SSSR count). The molecule has 0 radical (unpaired) electrons. The van der Waals surface area contributed by atoms with E-state index >= 15 is 0 Å². The van der Waals surface area contributed by atoms with Crippen LogP contribution in [0.5, 0.6) is 0 Å². The molecule has 84 heavy (non-hydrogen) atoms. The van der Waals surface area contributed by atoms with Gasteiger partial charge in [0.15, 0.2) is 6.10 Å². The van der Waals surface area contributed by atoms with Crippen LogP contribution < -0.4 is 0 Å². The number of esters is 2. The van der Waals surface area contributed by atoms with Crippen LogP contribution in [-0.2, 0) is 32.7 Å². The molecule has 1 N–H and O–H groups in total. The number of ether oxygens (including phenoxy) is 2. The minimum atomic E-state index is -4.40. The molecule has 0 aromatic heterocycles. The molecule has 10 heteroatoms. The van der Waals surface area contributed by atoms with Crippen LogP contribution in [0.3, 0.4) is 0 Å². The van der Waals surface area contributed by atoms with E-state index in [0.717, 1.165) is 89.9 Å². The van der Waals surface area contributed by atoms with Gasteiger partial charge < -0.3 is 18.9 Å². The quantitative estimate of drug-likeness (QED) is 0.0211. The zero-order valence-electron chi connectivity index (χ0n) is 55.1. The second-order valence-electron chi connectivity index (χ2n) is 24.2. The lowest BCUT2D eigenvalue weighted by molar-refractivity contribution is -0.870. The maximum absolute atomic E-state index is 12.9.